The highest BCUT2D eigenvalue weighted by Crippen LogP contribution is 2.56. The summed E-state index contributed by atoms with van der Waals surface area (Å²) in [5.74, 6) is 0.865. The fraction of sp³-hybridized carbons (Fsp3) is 0.625. The Bertz CT molecular complexity index is 468. The van der Waals surface area contributed by atoms with Crippen molar-refractivity contribution in [2.45, 2.75) is 13.3 Å². The lowest BCUT2D eigenvalue weighted by molar-refractivity contribution is 0.210. The summed E-state index contributed by atoms with van der Waals surface area (Å²) in [5, 5.41) is 0. The third-order valence-electron chi connectivity index (χ3n) is 3.62. The van der Waals surface area contributed by atoms with Crippen molar-refractivity contribution in [3.8, 4) is 5.75 Å². The van der Waals surface area contributed by atoms with Crippen molar-refractivity contribution in [3.05, 3.63) is 29.8 Å². The molecule has 1 rings (SSSR count). The molecule has 0 aromatic heterocycles. The summed E-state index contributed by atoms with van der Waals surface area (Å²) in [6, 6.07) is 8.03. The van der Waals surface area contributed by atoms with E-state index in [2.05, 4.69) is 4.90 Å². The van der Waals surface area contributed by atoms with Gasteiger partial charge in [0.05, 0.1) is 27.1 Å². The van der Waals surface area contributed by atoms with Gasteiger partial charge in [0.25, 0.3) is 0 Å². The van der Waals surface area contributed by atoms with Crippen LogP contribution in [0.15, 0.2) is 24.3 Å². The minimum absolute atomic E-state index is 0.294. The lowest BCUT2D eigenvalue weighted by Crippen LogP contribution is -2.30. The Hall–Kier alpha value is -0.360. The van der Waals surface area contributed by atoms with E-state index in [0.717, 1.165) is 12.2 Å². The molecule has 0 saturated carbocycles. The topological polar surface area (TPSA) is 69.6 Å². The van der Waals surface area contributed by atoms with Crippen molar-refractivity contribution >= 4 is 16.3 Å². The summed E-state index contributed by atoms with van der Waals surface area (Å²) in [6.45, 7) is 3.33. The van der Waals surface area contributed by atoms with Gasteiger partial charge >= 0.3 is 7.94 Å². The lowest BCUT2D eigenvalue weighted by Gasteiger charge is -2.26. The normalized spacial score (nSPS) is 12.2. The molecule has 1 aromatic rings. The van der Waals surface area contributed by atoms with Crippen LogP contribution in [0, 0.1) is 0 Å². The molecule has 0 aliphatic carbocycles. The van der Waals surface area contributed by atoms with Crippen LogP contribution < -0.4 is 4.74 Å². The van der Waals surface area contributed by atoms with Crippen LogP contribution in [0.25, 0.3) is 0 Å². The lowest BCUT2D eigenvalue weighted by atomic mass is 10.1. The zero-order valence-corrected chi connectivity index (χ0v) is 17.5. The molecule has 0 heterocycles. The number of nitrogens with zero attached hydrogens (tertiary/aromatic N) is 1. The van der Waals surface area contributed by atoms with E-state index in [1.54, 1.807) is 14.2 Å². The number of benzene rings is 1. The third kappa shape index (κ3) is 8.25. The van der Waals surface area contributed by atoms with E-state index in [-0.39, 0.29) is 0 Å². The molecule has 1 N–H and O–H groups in total. The monoisotopic (exact) mass is 394 g/mol. The van der Waals surface area contributed by atoms with Crippen molar-refractivity contribution < 1.29 is 27.7 Å². The smallest absolute Gasteiger partial charge is 0.423 e. The Morgan fingerprint density at radius 1 is 1.04 bits per heavy atom. The summed E-state index contributed by atoms with van der Waals surface area (Å²) < 4.78 is 26.5. The fourth-order valence-electron chi connectivity index (χ4n) is 2.19. The van der Waals surface area contributed by atoms with Gasteiger partial charge in [0.1, 0.15) is 5.75 Å². The fourth-order valence-corrected chi connectivity index (χ4v) is 4.42. The first-order valence-electron chi connectivity index (χ1n) is 8.02. The minimum atomic E-state index is -2.90. The van der Waals surface area contributed by atoms with Crippen molar-refractivity contribution in [1.82, 2.24) is 4.90 Å². The van der Waals surface area contributed by atoms with Gasteiger partial charge in [0, 0.05) is 20.8 Å². The maximum absolute atomic E-state index is 10.4. The number of hydrogen-bond acceptors (Lipinski definition) is 7. The van der Waals surface area contributed by atoms with Crippen LogP contribution in [0.2, 0.25) is 0 Å². The molecule has 7 nitrogen and oxygen atoms in total. The van der Waals surface area contributed by atoms with Gasteiger partial charge in [-0.05, 0) is 31.0 Å². The Morgan fingerprint density at radius 3 is 2.12 bits per heavy atom. The molecular formula is C16H30NO6P2+. The molecule has 25 heavy (non-hydrogen) atoms. The quantitative estimate of drug-likeness (QED) is 0.514. The van der Waals surface area contributed by atoms with Gasteiger partial charge in [0.2, 0.25) is 0 Å². The molecule has 0 atom stereocenters. The Kier molecular flexibility index (Phi) is 11.0. The van der Waals surface area contributed by atoms with Crippen LogP contribution in [0.3, 0.4) is 0 Å². The maximum atomic E-state index is 10.4. The van der Waals surface area contributed by atoms with Crippen LogP contribution in [0.5, 0.6) is 5.75 Å². The molecule has 0 spiro atoms. The minimum Gasteiger partial charge on any atom is -0.494 e. The van der Waals surface area contributed by atoms with Gasteiger partial charge in [-0.3, -0.25) is 4.90 Å². The molecule has 0 saturated heterocycles. The van der Waals surface area contributed by atoms with Crippen molar-refractivity contribution in [1.29, 1.82) is 0 Å². The van der Waals surface area contributed by atoms with Crippen molar-refractivity contribution in [2.24, 2.45) is 0 Å². The van der Waals surface area contributed by atoms with Crippen molar-refractivity contribution in [2.75, 3.05) is 54.2 Å². The molecule has 0 aliphatic heterocycles. The van der Waals surface area contributed by atoms with Crippen LogP contribution >= 0.6 is 16.3 Å². The predicted molar refractivity (Wildman–Crippen MR) is 102 cm³/mol. The van der Waals surface area contributed by atoms with E-state index < -0.39 is 16.3 Å². The molecule has 9 heteroatoms. The zero-order valence-electron chi connectivity index (χ0n) is 15.7. The molecule has 0 amide bonds. The molecular weight excluding hydrogens is 364 g/mol. The van der Waals surface area contributed by atoms with Gasteiger partial charge in [0.15, 0.2) is 14.7 Å². The largest absolute Gasteiger partial charge is 0.494 e. The number of rotatable bonds is 13. The van der Waals surface area contributed by atoms with E-state index in [1.807, 2.05) is 31.2 Å². The highest BCUT2D eigenvalue weighted by molar-refractivity contribution is 7.60. The Labute approximate surface area is 152 Å². The highest BCUT2D eigenvalue weighted by Gasteiger charge is 2.40. The average Bonchev–Trinajstić information content (AvgIpc) is 2.65. The van der Waals surface area contributed by atoms with Gasteiger partial charge < -0.3 is 13.8 Å². The molecule has 0 radical (unpaired) electrons. The van der Waals surface area contributed by atoms with E-state index >= 15 is 0 Å². The predicted octanol–water partition coefficient (Wildman–Crippen LogP) is 3.50. The Morgan fingerprint density at radius 2 is 1.64 bits per heavy atom. The molecule has 0 unspecified atom stereocenters. The molecule has 144 valence electrons. The number of hydrogen-bond donors (Lipinski definition) is 1. The van der Waals surface area contributed by atoms with E-state index in [1.165, 1.54) is 19.8 Å². The Balaban J connectivity index is 2.71. The van der Waals surface area contributed by atoms with Gasteiger partial charge in [-0.25, -0.2) is 0 Å². The summed E-state index contributed by atoms with van der Waals surface area (Å²) in [5.41, 5.74) is 1.18. The summed E-state index contributed by atoms with van der Waals surface area (Å²) in [4.78, 5) is 12.4. The second kappa shape index (κ2) is 12.1. The van der Waals surface area contributed by atoms with E-state index in [0.29, 0.717) is 25.7 Å². The average molecular weight is 394 g/mol. The van der Waals surface area contributed by atoms with Crippen LogP contribution in [0.1, 0.15) is 12.5 Å². The van der Waals surface area contributed by atoms with Crippen LogP contribution in [-0.4, -0.2) is 64.0 Å². The second-order valence-electron chi connectivity index (χ2n) is 5.20. The standard InChI is InChI=1S/C16H30NO6P2/c1-6-23-16-9-7-15(8-10-16)11-12-17(13-24(19-2)20-3)14-25(18,21-4)22-5/h7-10,18H,6,11-14H2,1-5H3/q+1. The van der Waals surface area contributed by atoms with Gasteiger partial charge in [-0.1, -0.05) is 12.1 Å². The van der Waals surface area contributed by atoms with E-state index in [4.69, 9.17) is 22.8 Å². The van der Waals surface area contributed by atoms with Gasteiger partial charge in [-0.2, -0.15) is 13.9 Å². The highest BCUT2D eigenvalue weighted by atomic mass is 31.2. The molecule has 1 aromatic carbocycles. The first kappa shape index (κ1) is 22.7. The first-order valence-corrected chi connectivity index (χ1v) is 11.1. The SMILES string of the molecule is CCOc1ccc(CCN(CP(OC)OC)C[P+](O)(OC)OC)cc1. The first-order chi connectivity index (χ1) is 12.0. The third-order valence-corrected chi connectivity index (χ3v) is 6.97. The second-order valence-corrected chi connectivity index (χ2v) is 9.17. The molecule has 0 bridgehead atoms. The van der Waals surface area contributed by atoms with Crippen molar-refractivity contribution in [3.63, 3.8) is 0 Å². The van der Waals surface area contributed by atoms with Crippen LogP contribution in [0.4, 0.5) is 0 Å². The summed E-state index contributed by atoms with van der Waals surface area (Å²) in [6.07, 6.45) is 1.67. The van der Waals surface area contributed by atoms with E-state index in [9.17, 15) is 4.89 Å². The van der Waals surface area contributed by atoms with Crippen LogP contribution in [-0.2, 0) is 24.5 Å². The maximum Gasteiger partial charge on any atom is 0.423 e. The van der Waals surface area contributed by atoms with Gasteiger partial charge in [-0.15, -0.1) is 0 Å². The summed E-state index contributed by atoms with van der Waals surface area (Å²) in [7, 11) is 2.20. The summed E-state index contributed by atoms with van der Waals surface area (Å²) >= 11 is 0. The zero-order chi connectivity index (χ0) is 18.7. The number of ether oxygens (including phenoxy) is 1. The molecule has 0 aliphatic rings. The molecule has 0 fully saturated rings.